The molecule has 0 bridgehead atoms. The molecule has 5 aliphatic carbocycles. The molecule has 10 atom stereocenters. The summed E-state index contributed by atoms with van der Waals surface area (Å²) in [5, 5.41) is 0. The quantitative estimate of drug-likeness (QED) is 0.131. The summed E-state index contributed by atoms with van der Waals surface area (Å²) in [5.41, 5.74) is 1.53. The summed E-state index contributed by atoms with van der Waals surface area (Å²) >= 11 is 0. The number of hydrogen-bond donors (Lipinski definition) is 0. The first-order valence-corrected chi connectivity index (χ1v) is 18.6. The van der Waals surface area contributed by atoms with Gasteiger partial charge in [-0.1, -0.05) is 46.8 Å². The number of carbonyl (C=O) groups excluding carboxylic acids is 4. The maximum Gasteiger partial charge on any atom is 0.306 e. The van der Waals surface area contributed by atoms with Crippen molar-refractivity contribution in [2.24, 2.45) is 56.7 Å². The smallest absolute Gasteiger partial charge is 0.306 e. The Bertz CT molecular complexity index is 1290. The molecule has 0 aromatic carbocycles. The molecule has 0 aliphatic heterocycles. The molecule has 0 aromatic rings. The summed E-state index contributed by atoms with van der Waals surface area (Å²) in [5.74, 6) is 1.02. The Balaban J connectivity index is 1.36. The Hall–Kier alpha value is -2.38. The van der Waals surface area contributed by atoms with Crippen molar-refractivity contribution < 1.29 is 38.1 Å². The molecule has 5 fully saturated rings. The summed E-state index contributed by atoms with van der Waals surface area (Å²) in [6, 6.07) is 0. The molecule has 270 valence electrons. The standard InChI is InChI=1S/C40H62O8/c1-25(2)26-16-21-40(24-47-33(43)14-12-31(41)45-8)23-22-38(6)27(35(26)40)10-11-29-37(5)19-18-30(48-34(44)15-13-32(42)46-9)36(3,4)28(37)17-20-39(29,38)7/h26-30,35H,1,10-24H2,2-9H3/t26-,27?,28?,29?,30?,35?,37-,38+,39+,40?/m0/s1. The van der Waals surface area contributed by atoms with Crippen LogP contribution < -0.4 is 0 Å². The fourth-order valence-electron chi connectivity index (χ4n) is 12.8. The maximum absolute atomic E-state index is 12.8. The molecular weight excluding hydrogens is 608 g/mol. The van der Waals surface area contributed by atoms with Crippen LogP contribution in [0.5, 0.6) is 0 Å². The highest BCUT2D eigenvalue weighted by Gasteiger charge is 2.71. The average Bonchev–Trinajstić information content (AvgIpc) is 3.43. The van der Waals surface area contributed by atoms with Gasteiger partial charge in [-0.2, -0.15) is 0 Å². The summed E-state index contributed by atoms with van der Waals surface area (Å²) in [6.07, 6.45) is 10.9. The van der Waals surface area contributed by atoms with Gasteiger partial charge in [-0.25, -0.2) is 0 Å². The first-order valence-electron chi connectivity index (χ1n) is 18.6. The van der Waals surface area contributed by atoms with Gasteiger partial charge in [-0.05, 0) is 117 Å². The van der Waals surface area contributed by atoms with Crippen molar-refractivity contribution in [1.82, 2.24) is 0 Å². The predicted octanol–water partition coefficient (Wildman–Crippen LogP) is 8.01. The molecule has 5 aliphatic rings. The van der Waals surface area contributed by atoms with Crippen molar-refractivity contribution >= 4 is 23.9 Å². The van der Waals surface area contributed by atoms with E-state index in [0.717, 1.165) is 51.4 Å². The molecule has 5 rings (SSSR count). The summed E-state index contributed by atoms with van der Waals surface area (Å²) in [6.45, 7) is 19.5. The van der Waals surface area contributed by atoms with Crippen LogP contribution in [0.25, 0.3) is 0 Å². The van der Waals surface area contributed by atoms with E-state index in [1.54, 1.807) is 0 Å². The van der Waals surface area contributed by atoms with Crippen LogP contribution in [0, 0.1) is 56.7 Å². The van der Waals surface area contributed by atoms with E-state index in [4.69, 9.17) is 18.9 Å². The topological polar surface area (TPSA) is 105 Å². The Morgan fingerprint density at radius 1 is 0.667 bits per heavy atom. The van der Waals surface area contributed by atoms with E-state index in [1.165, 1.54) is 32.6 Å². The highest BCUT2D eigenvalue weighted by Crippen LogP contribution is 2.77. The Kier molecular flexibility index (Phi) is 10.3. The van der Waals surface area contributed by atoms with Gasteiger partial charge in [0.15, 0.2) is 0 Å². The van der Waals surface area contributed by atoms with Gasteiger partial charge in [0.1, 0.15) is 6.10 Å². The van der Waals surface area contributed by atoms with Crippen molar-refractivity contribution in [3.05, 3.63) is 12.2 Å². The molecule has 5 saturated carbocycles. The van der Waals surface area contributed by atoms with E-state index in [-0.39, 0.29) is 82.7 Å². The van der Waals surface area contributed by atoms with Crippen molar-refractivity contribution in [1.29, 1.82) is 0 Å². The fraction of sp³-hybridized carbons (Fsp3) is 0.850. The molecule has 0 saturated heterocycles. The van der Waals surface area contributed by atoms with Crippen LogP contribution in [0.3, 0.4) is 0 Å². The monoisotopic (exact) mass is 670 g/mol. The molecule has 6 unspecified atom stereocenters. The summed E-state index contributed by atoms with van der Waals surface area (Å²) in [4.78, 5) is 48.9. The van der Waals surface area contributed by atoms with Crippen LogP contribution in [0.4, 0.5) is 0 Å². The van der Waals surface area contributed by atoms with Gasteiger partial charge in [-0.3, -0.25) is 19.2 Å². The van der Waals surface area contributed by atoms with Gasteiger partial charge in [-0.15, -0.1) is 0 Å². The molecule has 0 N–H and O–H groups in total. The fourth-order valence-corrected chi connectivity index (χ4v) is 12.8. The van der Waals surface area contributed by atoms with E-state index in [2.05, 4.69) is 48.1 Å². The summed E-state index contributed by atoms with van der Waals surface area (Å²) in [7, 11) is 2.68. The van der Waals surface area contributed by atoms with E-state index < -0.39 is 0 Å². The van der Waals surface area contributed by atoms with Crippen LogP contribution in [-0.2, 0) is 38.1 Å². The molecule has 0 spiro atoms. The van der Waals surface area contributed by atoms with Crippen LogP contribution in [-0.4, -0.2) is 50.8 Å². The first-order chi connectivity index (χ1) is 22.5. The Morgan fingerprint density at radius 3 is 1.92 bits per heavy atom. The average molecular weight is 671 g/mol. The third-order valence-electron chi connectivity index (χ3n) is 15.5. The van der Waals surface area contributed by atoms with Crippen molar-refractivity contribution in [3.63, 3.8) is 0 Å². The van der Waals surface area contributed by atoms with Crippen molar-refractivity contribution in [2.75, 3.05) is 20.8 Å². The summed E-state index contributed by atoms with van der Waals surface area (Å²) < 4.78 is 21.6. The number of rotatable bonds is 10. The van der Waals surface area contributed by atoms with E-state index in [1.807, 2.05) is 0 Å². The van der Waals surface area contributed by atoms with Crippen LogP contribution in [0.15, 0.2) is 12.2 Å². The molecule has 8 nitrogen and oxygen atoms in total. The highest BCUT2D eigenvalue weighted by molar-refractivity contribution is 5.78. The Labute approximate surface area is 288 Å². The largest absolute Gasteiger partial charge is 0.469 e. The first kappa shape index (κ1) is 36.9. The number of esters is 4. The van der Waals surface area contributed by atoms with E-state index >= 15 is 0 Å². The number of hydrogen-bond acceptors (Lipinski definition) is 8. The molecule has 0 aromatic heterocycles. The van der Waals surface area contributed by atoms with Crippen LogP contribution >= 0.6 is 0 Å². The molecular formula is C40H62O8. The van der Waals surface area contributed by atoms with Crippen LogP contribution in [0.1, 0.15) is 131 Å². The van der Waals surface area contributed by atoms with Crippen molar-refractivity contribution in [2.45, 2.75) is 138 Å². The van der Waals surface area contributed by atoms with Gasteiger partial charge in [0.2, 0.25) is 0 Å². The number of ether oxygens (including phenoxy) is 4. The van der Waals surface area contributed by atoms with Gasteiger partial charge in [0, 0.05) is 10.8 Å². The minimum Gasteiger partial charge on any atom is -0.469 e. The lowest BCUT2D eigenvalue weighted by Crippen LogP contribution is -2.67. The number of fused-ring (bicyclic) bond motifs is 7. The number of methoxy groups -OCH3 is 2. The van der Waals surface area contributed by atoms with E-state index in [0.29, 0.717) is 36.2 Å². The number of allylic oxidation sites excluding steroid dienone is 1. The molecule has 0 amide bonds. The molecule has 48 heavy (non-hydrogen) atoms. The lowest BCUT2D eigenvalue weighted by atomic mass is 9.32. The lowest BCUT2D eigenvalue weighted by Gasteiger charge is -2.73. The number of carbonyl (C=O) groups is 4. The Morgan fingerprint density at radius 2 is 1.29 bits per heavy atom. The second-order valence-corrected chi connectivity index (χ2v) is 17.7. The minimum absolute atomic E-state index is 0.0448. The minimum atomic E-state index is -0.387. The molecule has 0 heterocycles. The second kappa shape index (κ2) is 13.4. The van der Waals surface area contributed by atoms with Crippen LogP contribution in [0.2, 0.25) is 0 Å². The molecule has 8 heteroatoms. The van der Waals surface area contributed by atoms with E-state index in [9.17, 15) is 19.2 Å². The predicted molar refractivity (Wildman–Crippen MR) is 182 cm³/mol. The zero-order valence-corrected chi connectivity index (χ0v) is 31.0. The molecule has 0 radical (unpaired) electrons. The SMILES string of the molecule is C=C(C)[C@@H]1CCC2(COC(=O)CCC(=O)OC)CC[C@]3(C)C(CCC4[C@@]5(C)CCC(OC(=O)CCC(=O)OC)C(C)(C)C5CC[C@]43C)C12. The van der Waals surface area contributed by atoms with Gasteiger partial charge >= 0.3 is 23.9 Å². The highest BCUT2D eigenvalue weighted by atomic mass is 16.5. The maximum atomic E-state index is 12.8. The third kappa shape index (κ3) is 6.03. The lowest BCUT2D eigenvalue weighted by molar-refractivity contribution is -0.252. The van der Waals surface area contributed by atoms with Crippen molar-refractivity contribution in [3.8, 4) is 0 Å². The second-order valence-electron chi connectivity index (χ2n) is 17.7. The van der Waals surface area contributed by atoms with Gasteiger partial charge in [0.25, 0.3) is 0 Å². The third-order valence-corrected chi connectivity index (χ3v) is 15.5. The van der Waals surface area contributed by atoms with Gasteiger partial charge < -0.3 is 18.9 Å². The zero-order valence-electron chi connectivity index (χ0n) is 31.0. The normalized spacial score (nSPS) is 41.0. The van der Waals surface area contributed by atoms with Gasteiger partial charge in [0.05, 0.1) is 46.5 Å². The zero-order chi connectivity index (χ0) is 35.3.